The van der Waals surface area contributed by atoms with E-state index in [1.165, 1.54) is 13.3 Å². The summed E-state index contributed by atoms with van der Waals surface area (Å²) in [5.74, 6) is 0.133. The molecule has 1 aliphatic heterocycles. The summed E-state index contributed by atoms with van der Waals surface area (Å²) >= 11 is 14.6. The number of ether oxygens (including phenoxy) is 1. The van der Waals surface area contributed by atoms with Gasteiger partial charge in [0.05, 0.1) is 30.4 Å². The smallest absolute Gasteiger partial charge is 0.274 e. The summed E-state index contributed by atoms with van der Waals surface area (Å²) < 4.78 is 6.97. The highest BCUT2D eigenvalue weighted by Gasteiger charge is 2.29. The van der Waals surface area contributed by atoms with Crippen molar-refractivity contribution in [3.05, 3.63) is 63.9 Å². The zero-order chi connectivity index (χ0) is 24.9. The summed E-state index contributed by atoms with van der Waals surface area (Å²) in [6.07, 6.45) is 2.99. The highest BCUT2D eigenvalue weighted by atomic mass is 127. The van der Waals surface area contributed by atoms with Gasteiger partial charge in [-0.25, -0.2) is 9.44 Å². The van der Waals surface area contributed by atoms with Crippen molar-refractivity contribution in [1.29, 1.82) is 0 Å². The Morgan fingerprint density at radius 1 is 1.23 bits per heavy atom. The number of carbonyl (C=O) groups is 2. The molecule has 1 aromatic carbocycles. The summed E-state index contributed by atoms with van der Waals surface area (Å²) in [6, 6.07) is 10.9. The van der Waals surface area contributed by atoms with Gasteiger partial charge in [0.1, 0.15) is 0 Å². The average molecular weight is 646 g/mol. The Morgan fingerprint density at radius 3 is 2.69 bits per heavy atom. The van der Waals surface area contributed by atoms with Crippen molar-refractivity contribution in [3.63, 3.8) is 0 Å². The minimum Gasteiger partial charge on any atom is -0.481 e. The predicted octanol–water partition coefficient (Wildman–Crippen LogP) is 5.22. The molecular formula is C23H23Cl2IN5O3P. The van der Waals surface area contributed by atoms with Gasteiger partial charge < -0.3 is 15.0 Å². The Hall–Kier alpha value is -1.94. The number of likely N-dealkylation sites (tertiary alicyclic amines) is 1. The van der Waals surface area contributed by atoms with Crippen LogP contribution in [0.15, 0.2) is 42.6 Å². The van der Waals surface area contributed by atoms with Crippen LogP contribution < -0.4 is 10.1 Å². The normalized spacial score (nSPS) is 14.5. The molecule has 3 aromatic rings. The average Bonchev–Trinajstić information content (AvgIpc) is 3.31. The van der Waals surface area contributed by atoms with Gasteiger partial charge in [-0.2, -0.15) is 5.10 Å². The maximum Gasteiger partial charge on any atom is 0.274 e. The Balaban J connectivity index is 1.39. The molecule has 1 atom stereocenters. The van der Waals surface area contributed by atoms with Gasteiger partial charge in [-0.3, -0.25) is 9.59 Å². The van der Waals surface area contributed by atoms with Gasteiger partial charge in [0, 0.05) is 42.2 Å². The van der Waals surface area contributed by atoms with E-state index in [9.17, 15) is 9.59 Å². The third-order valence-electron chi connectivity index (χ3n) is 5.83. The molecule has 0 spiro atoms. The zero-order valence-corrected chi connectivity index (χ0v) is 23.5. The lowest BCUT2D eigenvalue weighted by atomic mass is 9.95. The minimum atomic E-state index is -0.158. The van der Waals surface area contributed by atoms with Gasteiger partial charge in [0.25, 0.3) is 5.91 Å². The number of pyridine rings is 1. The molecule has 0 bridgehead atoms. The van der Waals surface area contributed by atoms with Crippen LogP contribution in [0.3, 0.4) is 0 Å². The van der Waals surface area contributed by atoms with E-state index in [2.05, 4.69) is 37.4 Å². The van der Waals surface area contributed by atoms with E-state index >= 15 is 0 Å². The van der Waals surface area contributed by atoms with Gasteiger partial charge in [0.15, 0.2) is 5.69 Å². The Labute approximate surface area is 228 Å². The number of piperidine rings is 1. The third kappa shape index (κ3) is 6.25. The van der Waals surface area contributed by atoms with Gasteiger partial charge >= 0.3 is 0 Å². The number of aromatic nitrogens is 3. The van der Waals surface area contributed by atoms with E-state index in [0.29, 0.717) is 59.7 Å². The number of halogens is 3. The second kappa shape index (κ2) is 11.9. The quantitative estimate of drug-likeness (QED) is 0.281. The molecule has 2 amide bonds. The molecule has 35 heavy (non-hydrogen) atoms. The number of rotatable bonds is 7. The van der Waals surface area contributed by atoms with Crippen LogP contribution in [0.2, 0.25) is 10.0 Å². The highest BCUT2D eigenvalue weighted by Crippen LogP contribution is 2.36. The Morgan fingerprint density at radius 2 is 2.00 bits per heavy atom. The fourth-order valence-corrected chi connectivity index (χ4v) is 5.89. The van der Waals surface area contributed by atoms with Gasteiger partial charge in [-0.1, -0.05) is 35.3 Å². The molecular weight excluding hydrogens is 623 g/mol. The molecule has 0 saturated carbocycles. The maximum absolute atomic E-state index is 13.2. The van der Waals surface area contributed by atoms with Crippen LogP contribution in [0.5, 0.6) is 5.88 Å². The number of amides is 2. The number of nitrogens with one attached hydrogen (secondary N) is 1. The van der Waals surface area contributed by atoms with Crippen LogP contribution in [-0.4, -0.2) is 51.4 Å². The summed E-state index contributed by atoms with van der Waals surface area (Å²) in [7, 11) is 1.54. The molecule has 1 fully saturated rings. The first-order chi connectivity index (χ1) is 16.9. The van der Waals surface area contributed by atoms with Crippen molar-refractivity contribution in [3.8, 4) is 17.1 Å². The molecule has 12 heteroatoms. The Bertz CT molecular complexity index is 1230. The second-order valence-corrected chi connectivity index (χ2v) is 10.9. The van der Waals surface area contributed by atoms with E-state index in [4.69, 9.17) is 27.9 Å². The van der Waals surface area contributed by atoms with Crippen LogP contribution in [0.1, 0.15) is 28.9 Å². The zero-order valence-electron chi connectivity index (χ0n) is 18.8. The van der Waals surface area contributed by atoms with Crippen molar-refractivity contribution >= 4 is 63.4 Å². The van der Waals surface area contributed by atoms with E-state index < -0.39 is 0 Å². The molecule has 1 aliphatic rings. The molecule has 3 heterocycles. The Kier molecular flexibility index (Phi) is 8.86. The molecule has 4 rings (SSSR count). The number of hydrogen-bond donors (Lipinski definition) is 1. The molecule has 184 valence electrons. The van der Waals surface area contributed by atoms with Crippen molar-refractivity contribution in [2.24, 2.45) is 5.92 Å². The minimum absolute atomic E-state index is 0.00368. The number of hydrogen-bond acceptors (Lipinski definition) is 5. The van der Waals surface area contributed by atoms with Crippen LogP contribution in [0.25, 0.3) is 11.3 Å². The lowest BCUT2D eigenvalue weighted by Crippen LogP contribution is -2.43. The first-order valence-electron chi connectivity index (χ1n) is 10.9. The molecule has 2 aromatic heterocycles. The first-order valence-corrected chi connectivity index (χ1v) is 15.7. The number of benzene rings is 1. The van der Waals surface area contributed by atoms with Crippen LogP contribution in [0, 0.1) is 5.92 Å². The lowest BCUT2D eigenvalue weighted by Gasteiger charge is -2.30. The summed E-state index contributed by atoms with van der Waals surface area (Å²) in [5, 5.41) is 8.59. The SMILES string of the molecule is COc1cc(-c2cc(C(=O)N3CCC(C(=O)NCc4cccc(Cl)c4)CC3)nn2PI)c(Cl)cn1. The standard InChI is InChI=1S/C23H23Cl2IN5O3P/c1-34-21-10-17(18(25)13-27-21)20-11-19(29-31(20)35-26)23(33)30-7-5-15(6-8-30)22(32)28-12-14-3-2-4-16(24)9-14/h2-4,9-11,13,15,35H,5-8,12H2,1H3,(H,28,32). The number of methoxy groups -OCH3 is 1. The van der Waals surface area contributed by atoms with E-state index in [0.717, 1.165) is 11.3 Å². The highest BCUT2D eigenvalue weighted by molar-refractivity contribution is 14.2. The first kappa shape index (κ1) is 26.1. The summed E-state index contributed by atoms with van der Waals surface area (Å²) in [6.45, 7) is 1.41. The van der Waals surface area contributed by atoms with Crippen molar-refractivity contribution in [1.82, 2.24) is 24.8 Å². The van der Waals surface area contributed by atoms with E-state index in [-0.39, 0.29) is 24.1 Å². The van der Waals surface area contributed by atoms with Crippen LogP contribution in [-0.2, 0) is 11.3 Å². The second-order valence-electron chi connectivity index (χ2n) is 8.03. The van der Waals surface area contributed by atoms with E-state index in [1.54, 1.807) is 27.6 Å². The molecule has 1 unspecified atom stereocenters. The summed E-state index contributed by atoms with van der Waals surface area (Å²) in [4.78, 5) is 31.7. The largest absolute Gasteiger partial charge is 0.481 e. The number of nitrogens with zero attached hydrogens (tertiary/aromatic N) is 4. The topological polar surface area (TPSA) is 89.4 Å². The van der Waals surface area contributed by atoms with Crippen LogP contribution in [0.4, 0.5) is 0 Å². The predicted molar refractivity (Wildman–Crippen MR) is 147 cm³/mol. The molecule has 1 saturated heterocycles. The summed E-state index contributed by atoms with van der Waals surface area (Å²) in [5.41, 5.74) is 2.72. The van der Waals surface area contributed by atoms with E-state index in [1.807, 2.05) is 18.2 Å². The van der Waals surface area contributed by atoms with Crippen molar-refractivity contribution in [2.45, 2.75) is 19.4 Å². The van der Waals surface area contributed by atoms with Crippen LogP contribution >= 0.6 is 51.6 Å². The van der Waals surface area contributed by atoms with Gasteiger partial charge in [-0.15, -0.1) is 0 Å². The fraction of sp³-hybridized carbons (Fsp3) is 0.304. The fourth-order valence-electron chi connectivity index (χ4n) is 3.96. The maximum atomic E-state index is 13.2. The van der Waals surface area contributed by atoms with Gasteiger partial charge in [0.2, 0.25) is 11.8 Å². The number of carbonyl (C=O) groups excluding carboxylic acids is 2. The third-order valence-corrected chi connectivity index (χ3v) is 8.24. The monoisotopic (exact) mass is 645 g/mol. The van der Waals surface area contributed by atoms with Crippen molar-refractivity contribution in [2.75, 3.05) is 20.2 Å². The van der Waals surface area contributed by atoms with Crippen molar-refractivity contribution < 1.29 is 14.3 Å². The molecule has 8 nitrogen and oxygen atoms in total. The molecule has 1 N–H and O–H groups in total. The molecule has 0 aliphatic carbocycles. The van der Waals surface area contributed by atoms with Gasteiger partial charge in [-0.05, 0) is 58.6 Å². The molecule has 0 radical (unpaired) electrons. The lowest BCUT2D eigenvalue weighted by molar-refractivity contribution is -0.126.